The van der Waals surface area contributed by atoms with E-state index in [1.807, 2.05) is 0 Å². The fourth-order valence-electron chi connectivity index (χ4n) is 1.64. The number of nitrogens with one attached hydrogen (secondary N) is 1. The third kappa shape index (κ3) is 3.31. The molecule has 0 unspecified atom stereocenters. The van der Waals surface area contributed by atoms with Gasteiger partial charge in [-0.2, -0.15) is 0 Å². The number of imide groups is 1. The number of carbonyl (C=O) groups is 2. The Labute approximate surface area is 140 Å². The van der Waals surface area contributed by atoms with Gasteiger partial charge in [0.05, 0.1) is 0 Å². The normalized spacial score (nSPS) is 10.6. The van der Waals surface area contributed by atoms with Crippen molar-refractivity contribution in [2.24, 2.45) is 0 Å². The SMILES string of the molecule is O=C(NC(=O)c1c(F)c(F)c(F)c(F)c1F)c1cc(Cl)nc(Cl)c1. The van der Waals surface area contributed by atoms with Crippen molar-refractivity contribution in [2.75, 3.05) is 0 Å². The summed E-state index contributed by atoms with van der Waals surface area (Å²) in [5, 5.41) is 1.01. The lowest BCUT2D eigenvalue weighted by molar-refractivity contribution is 0.0842. The van der Waals surface area contributed by atoms with Crippen molar-refractivity contribution in [1.82, 2.24) is 10.3 Å². The van der Waals surface area contributed by atoms with Gasteiger partial charge in [-0.15, -0.1) is 0 Å². The van der Waals surface area contributed by atoms with Crippen LogP contribution in [0.15, 0.2) is 12.1 Å². The molecule has 126 valence electrons. The highest BCUT2D eigenvalue weighted by Gasteiger charge is 2.30. The molecule has 1 aromatic heterocycles. The van der Waals surface area contributed by atoms with Crippen LogP contribution in [0.5, 0.6) is 0 Å². The third-order valence-corrected chi connectivity index (χ3v) is 3.08. The Balaban J connectivity index is 2.39. The van der Waals surface area contributed by atoms with Gasteiger partial charge in [0.2, 0.25) is 5.82 Å². The molecular formula is C13H3Cl2F5N2O2. The molecule has 0 atom stereocenters. The number of nitrogens with zero attached hydrogens (tertiary/aromatic N) is 1. The molecule has 0 aliphatic heterocycles. The molecule has 2 rings (SSSR count). The van der Waals surface area contributed by atoms with Gasteiger partial charge in [-0.05, 0) is 12.1 Å². The summed E-state index contributed by atoms with van der Waals surface area (Å²) in [5.74, 6) is -14.9. The number of pyridine rings is 1. The number of aromatic nitrogens is 1. The molecule has 0 saturated heterocycles. The van der Waals surface area contributed by atoms with Crippen LogP contribution in [0.25, 0.3) is 0 Å². The van der Waals surface area contributed by atoms with Crippen LogP contribution in [0.4, 0.5) is 22.0 Å². The first kappa shape index (κ1) is 18.1. The van der Waals surface area contributed by atoms with Gasteiger partial charge < -0.3 is 0 Å². The average molecular weight is 385 g/mol. The van der Waals surface area contributed by atoms with Crippen molar-refractivity contribution in [3.05, 3.63) is 62.7 Å². The summed E-state index contributed by atoms with van der Waals surface area (Å²) in [7, 11) is 0. The molecule has 0 aliphatic carbocycles. The van der Waals surface area contributed by atoms with Gasteiger partial charge in [-0.1, -0.05) is 23.2 Å². The Morgan fingerprint density at radius 3 is 1.67 bits per heavy atom. The van der Waals surface area contributed by atoms with E-state index in [0.717, 1.165) is 12.1 Å². The van der Waals surface area contributed by atoms with Crippen LogP contribution in [0.1, 0.15) is 20.7 Å². The Kier molecular flexibility index (Phi) is 5.05. The molecule has 1 aromatic carbocycles. The van der Waals surface area contributed by atoms with E-state index in [9.17, 15) is 31.5 Å². The zero-order valence-electron chi connectivity index (χ0n) is 11.1. The molecule has 1 N–H and O–H groups in total. The van der Waals surface area contributed by atoms with E-state index >= 15 is 0 Å². The highest BCUT2D eigenvalue weighted by Crippen LogP contribution is 2.23. The van der Waals surface area contributed by atoms with E-state index in [4.69, 9.17) is 23.2 Å². The topological polar surface area (TPSA) is 59.1 Å². The second-order valence-corrected chi connectivity index (χ2v) is 5.00. The van der Waals surface area contributed by atoms with E-state index < -0.39 is 46.5 Å². The van der Waals surface area contributed by atoms with Crippen molar-refractivity contribution in [3.63, 3.8) is 0 Å². The Bertz CT molecular complexity index is 827. The molecule has 0 saturated carbocycles. The van der Waals surface area contributed by atoms with Crippen LogP contribution in [0.3, 0.4) is 0 Å². The number of halogens is 7. The summed E-state index contributed by atoms with van der Waals surface area (Å²) in [6.45, 7) is 0. The minimum Gasteiger partial charge on any atom is -0.288 e. The zero-order chi connectivity index (χ0) is 18.2. The van der Waals surface area contributed by atoms with Crippen molar-refractivity contribution >= 4 is 35.0 Å². The number of hydrogen-bond acceptors (Lipinski definition) is 3. The van der Waals surface area contributed by atoms with E-state index in [-0.39, 0.29) is 15.9 Å². The van der Waals surface area contributed by atoms with E-state index in [1.165, 1.54) is 5.32 Å². The first-order valence-electron chi connectivity index (χ1n) is 5.83. The van der Waals surface area contributed by atoms with Gasteiger partial charge in [-0.3, -0.25) is 14.9 Å². The average Bonchev–Trinajstić information content (AvgIpc) is 2.50. The highest BCUT2D eigenvalue weighted by molar-refractivity contribution is 6.33. The molecule has 0 radical (unpaired) electrons. The highest BCUT2D eigenvalue weighted by atomic mass is 35.5. The minimum atomic E-state index is -2.43. The summed E-state index contributed by atoms with van der Waals surface area (Å²) >= 11 is 11.1. The quantitative estimate of drug-likeness (QED) is 0.282. The Morgan fingerprint density at radius 1 is 0.792 bits per heavy atom. The zero-order valence-corrected chi connectivity index (χ0v) is 12.6. The van der Waals surface area contributed by atoms with Gasteiger partial charge in [0.15, 0.2) is 23.3 Å². The number of benzene rings is 1. The largest absolute Gasteiger partial charge is 0.288 e. The third-order valence-electron chi connectivity index (χ3n) is 2.69. The van der Waals surface area contributed by atoms with Crippen LogP contribution in [-0.4, -0.2) is 16.8 Å². The van der Waals surface area contributed by atoms with Crippen molar-refractivity contribution in [2.45, 2.75) is 0 Å². The lowest BCUT2D eigenvalue weighted by atomic mass is 10.1. The summed E-state index contributed by atoms with van der Waals surface area (Å²) in [6.07, 6.45) is 0. The minimum absolute atomic E-state index is 0.226. The lowest BCUT2D eigenvalue weighted by Crippen LogP contribution is -2.32. The summed E-state index contributed by atoms with van der Waals surface area (Å²) < 4.78 is 66.0. The fourth-order valence-corrected chi connectivity index (χ4v) is 2.10. The standard InChI is InChI=1S/C13H3Cl2F5N2O2/c14-4-1-3(2-5(15)21-4)12(23)22-13(24)6-7(16)9(18)11(20)10(19)8(6)17/h1-2H,(H,22,23,24). The van der Waals surface area contributed by atoms with Gasteiger partial charge in [-0.25, -0.2) is 26.9 Å². The molecule has 0 bridgehead atoms. The van der Waals surface area contributed by atoms with Gasteiger partial charge in [0, 0.05) is 5.56 Å². The molecule has 2 aromatic rings. The van der Waals surface area contributed by atoms with Crippen LogP contribution < -0.4 is 5.32 Å². The lowest BCUT2D eigenvalue weighted by Gasteiger charge is -2.08. The van der Waals surface area contributed by atoms with Crippen molar-refractivity contribution in [1.29, 1.82) is 0 Å². The maximum atomic E-state index is 13.5. The summed E-state index contributed by atoms with van der Waals surface area (Å²) in [6, 6.07) is 1.93. The fraction of sp³-hybridized carbons (Fsp3) is 0. The van der Waals surface area contributed by atoms with Crippen LogP contribution in [0.2, 0.25) is 10.3 Å². The Morgan fingerprint density at radius 2 is 1.21 bits per heavy atom. The monoisotopic (exact) mass is 384 g/mol. The molecule has 4 nitrogen and oxygen atoms in total. The van der Waals surface area contributed by atoms with Crippen molar-refractivity contribution < 1.29 is 31.5 Å². The molecule has 0 fully saturated rings. The van der Waals surface area contributed by atoms with Crippen LogP contribution in [-0.2, 0) is 0 Å². The first-order chi connectivity index (χ1) is 11.1. The number of rotatable bonds is 2. The number of carbonyl (C=O) groups excluding carboxylic acids is 2. The second kappa shape index (κ2) is 6.70. The Hall–Kier alpha value is -2.26. The molecule has 0 spiro atoms. The first-order valence-corrected chi connectivity index (χ1v) is 6.59. The maximum Gasteiger partial charge on any atom is 0.264 e. The maximum absolute atomic E-state index is 13.5. The molecule has 0 aliphatic rings. The van der Waals surface area contributed by atoms with E-state index in [0.29, 0.717) is 0 Å². The number of hydrogen-bond donors (Lipinski definition) is 1. The molecule has 11 heteroatoms. The van der Waals surface area contributed by atoms with Gasteiger partial charge in [0.25, 0.3) is 11.8 Å². The molecular weight excluding hydrogens is 382 g/mol. The van der Waals surface area contributed by atoms with E-state index in [2.05, 4.69) is 4.98 Å². The number of amides is 2. The molecule has 1 heterocycles. The van der Waals surface area contributed by atoms with Crippen molar-refractivity contribution in [3.8, 4) is 0 Å². The summed E-state index contributed by atoms with van der Waals surface area (Å²) in [5.41, 5.74) is -2.12. The smallest absolute Gasteiger partial charge is 0.264 e. The molecule has 2 amide bonds. The second-order valence-electron chi connectivity index (χ2n) is 4.23. The van der Waals surface area contributed by atoms with Gasteiger partial charge in [0.1, 0.15) is 15.9 Å². The van der Waals surface area contributed by atoms with Gasteiger partial charge >= 0.3 is 0 Å². The van der Waals surface area contributed by atoms with E-state index in [1.54, 1.807) is 0 Å². The van der Waals surface area contributed by atoms with Crippen LogP contribution >= 0.6 is 23.2 Å². The molecule has 24 heavy (non-hydrogen) atoms. The summed E-state index contributed by atoms with van der Waals surface area (Å²) in [4.78, 5) is 27.0. The predicted molar refractivity (Wildman–Crippen MR) is 72.3 cm³/mol. The predicted octanol–water partition coefficient (Wildman–Crippen LogP) is 3.65. The van der Waals surface area contributed by atoms with Crippen LogP contribution in [0, 0.1) is 29.1 Å².